The molecule has 0 N–H and O–H groups in total. The van der Waals surface area contributed by atoms with E-state index in [1.54, 1.807) is 11.9 Å². The zero-order chi connectivity index (χ0) is 13.4. The molecule has 0 unspecified atom stereocenters. The van der Waals surface area contributed by atoms with Crippen molar-refractivity contribution in [3.63, 3.8) is 0 Å². The van der Waals surface area contributed by atoms with Crippen LogP contribution < -0.4 is 0 Å². The first kappa shape index (κ1) is 12.5. The molecule has 1 aliphatic heterocycles. The minimum atomic E-state index is 0.733. The summed E-state index contributed by atoms with van der Waals surface area (Å²) in [6, 6.07) is 10.5. The predicted molar refractivity (Wildman–Crippen MR) is 77.1 cm³/mol. The van der Waals surface area contributed by atoms with Crippen LogP contribution in [0, 0.1) is 6.92 Å². The minimum absolute atomic E-state index is 0.733. The summed E-state index contributed by atoms with van der Waals surface area (Å²) in [6.45, 7) is 3.98. The molecule has 0 radical (unpaired) electrons. The van der Waals surface area contributed by atoms with E-state index in [1.165, 1.54) is 11.1 Å². The van der Waals surface area contributed by atoms with Crippen molar-refractivity contribution in [3.8, 4) is 0 Å². The van der Waals surface area contributed by atoms with Gasteiger partial charge in [-0.2, -0.15) is 0 Å². The standard InChI is InChI=1S/C15H16N2OS/c1-11-15(7-14(10-18)16(11)2)19-17-8-12-5-3-4-6-13(12)9-17/h3-7,10H,8-9H2,1-2H3. The first-order valence-corrected chi connectivity index (χ1v) is 7.07. The Kier molecular flexibility index (Phi) is 3.21. The summed E-state index contributed by atoms with van der Waals surface area (Å²) in [4.78, 5) is 12.1. The molecule has 0 atom stereocenters. The van der Waals surface area contributed by atoms with E-state index in [2.05, 4.69) is 35.5 Å². The van der Waals surface area contributed by atoms with Gasteiger partial charge in [-0.3, -0.25) is 4.79 Å². The van der Waals surface area contributed by atoms with Crippen LogP contribution in [0.5, 0.6) is 0 Å². The minimum Gasteiger partial charge on any atom is -0.345 e. The van der Waals surface area contributed by atoms with Crippen molar-refractivity contribution in [2.45, 2.75) is 24.9 Å². The van der Waals surface area contributed by atoms with Crippen molar-refractivity contribution in [2.24, 2.45) is 7.05 Å². The molecule has 3 nitrogen and oxygen atoms in total. The Morgan fingerprint density at radius 3 is 2.37 bits per heavy atom. The Morgan fingerprint density at radius 2 is 1.84 bits per heavy atom. The Balaban J connectivity index is 1.79. The molecular formula is C15H16N2OS. The van der Waals surface area contributed by atoms with Crippen LogP contribution in [0.1, 0.15) is 27.3 Å². The van der Waals surface area contributed by atoms with Crippen molar-refractivity contribution in [3.05, 3.63) is 52.8 Å². The second-order valence-corrected chi connectivity index (χ2v) is 5.99. The lowest BCUT2D eigenvalue weighted by Crippen LogP contribution is -2.05. The summed E-state index contributed by atoms with van der Waals surface area (Å²) in [6.07, 6.45) is 0.912. The second kappa shape index (κ2) is 4.87. The third-order valence-electron chi connectivity index (χ3n) is 3.69. The third-order valence-corrected chi connectivity index (χ3v) is 4.81. The molecule has 0 saturated heterocycles. The van der Waals surface area contributed by atoms with Gasteiger partial charge in [0, 0.05) is 30.7 Å². The molecule has 1 aliphatic rings. The number of aldehydes is 1. The maximum Gasteiger partial charge on any atom is 0.166 e. The van der Waals surface area contributed by atoms with Gasteiger partial charge in [-0.15, -0.1) is 0 Å². The summed E-state index contributed by atoms with van der Waals surface area (Å²) in [7, 11) is 1.93. The van der Waals surface area contributed by atoms with Gasteiger partial charge < -0.3 is 4.57 Å². The number of aromatic nitrogens is 1. The van der Waals surface area contributed by atoms with Crippen LogP contribution in [0.4, 0.5) is 0 Å². The number of carbonyl (C=O) groups is 1. The highest BCUT2D eigenvalue weighted by Gasteiger charge is 2.21. The number of carbonyl (C=O) groups excluding carboxylic acids is 1. The average Bonchev–Trinajstić information content (AvgIpc) is 2.94. The van der Waals surface area contributed by atoms with E-state index < -0.39 is 0 Å². The lowest BCUT2D eigenvalue weighted by Gasteiger charge is -2.13. The summed E-state index contributed by atoms with van der Waals surface area (Å²) in [5, 5.41) is 0. The van der Waals surface area contributed by atoms with Gasteiger partial charge in [0.1, 0.15) is 0 Å². The maximum absolute atomic E-state index is 11.0. The largest absolute Gasteiger partial charge is 0.345 e. The molecule has 0 aliphatic carbocycles. The molecule has 98 valence electrons. The molecule has 2 aromatic rings. The monoisotopic (exact) mass is 272 g/mol. The molecule has 2 heterocycles. The van der Waals surface area contributed by atoms with E-state index in [4.69, 9.17) is 0 Å². The number of fused-ring (bicyclic) bond motifs is 1. The molecule has 0 bridgehead atoms. The van der Waals surface area contributed by atoms with Gasteiger partial charge in [0.25, 0.3) is 0 Å². The zero-order valence-corrected chi connectivity index (χ0v) is 11.9. The van der Waals surface area contributed by atoms with Crippen LogP contribution in [-0.4, -0.2) is 15.2 Å². The van der Waals surface area contributed by atoms with Crippen molar-refractivity contribution >= 4 is 18.2 Å². The fourth-order valence-electron chi connectivity index (χ4n) is 2.41. The highest BCUT2D eigenvalue weighted by Crippen LogP contribution is 2.34. The summed E-state index contributed by atoms with van der Waals surface area (Å²) in [5.74, 6) is 0. The van der Waals surface area contributed by atoms with E-state index in [9.17, 15) is 4.79 Å². The number of hydrogen-bond acceptors (Lipinski definition) is 3. The number of benzene rings is 1. The van der Waals surface area contributed by atoms with Gasteiger partial charge in [0.15, 0.2) is 6.29 Å². The normalized spacial score (nSPS) is 14.6. The predicted octanol–water partition coefficient (Wildman–Crippen LogP) is 3.17. The van der Waals surface area contributed by atoms with E-state index in [-0.39, 0.29) is 0 Å². The SMILES string of the molecule is Cc1c(SN2Cc3ccccc3C2)cc(C=O)n1C. The molecule has 1 aromatic heterocycles. The van der Waals surface area contributed by atoms with Gasteiger partial charge in [0.2, 0.25) is 0 Å². The van der Waals surface area contributed by atoms with E-state index in [1.807, 2.05) is 17.7 Å². The Hall–Kier alpha value is -1.52. The molecule has 0 fully saturated rings. The van der Waals surface area contributed by atoms with Gasteiger partial charge in [0.05, 0.1) is 5.69 Å². The van der Waals surface area contributed by atoms with Crippen molar-refractivity contribution in [1.82, 2.24) is 8.87 Å². The highest BCUT2D eigenvalue weighted by atomic mass is 32.2. The van der Waals surface area contributed by atoms with E-state index in [0.717, 1.165) is 35.7 Å². The highest BCUT2D eigenvalue weighted by molar-refractivity contribution is 7.97. The number of hydrogen-bond donors (Lipinski definition) is 0. The van der Waals surface area contributed by atoms with Crippen molar-refractivity contribution in [1.29, 1.82) is 0 Å². The fraction of sp³-hybridized carbons (Fsp3) is 0.267. The van der Waals surface area contributed by atoms with Gasteiger partial charge in [-0.1, -0.05) is 24.3 Å². The molecule has 0 saturated carbocycles. The summed E-state index contributed by atoms with van der Waals surface area (Å²) in [5.41, 5.74) is 4.68. The van der Waals surface area contributed by atoms with Gasteiger partial charge in [-0.05, 0) is 36.1 Å². The summed E-state index contributed by atoms with van der Waals surface area (Å²) >= 11 is 1.74. The smallest absolute Gasteiger partial charge is 0.166 e. The van der Waals surface area contributed by atoms with Crippen LogP contribution in [0.2, 0.25) is 0 Å². The van der Waals surface area contributed by atoms with Crippen LogP contribution in [0.15, 0.2) is 35.2 Å². The molecule has 3 rings (SSSR count). The Labute approximate surface area is 117 Å². The molecule has 4 heteroatoms. The second-order valence-electron chi connectivity index (χ2n) is 4.85. The number of nitrogens with zero attached hydrogens (tertiary/aromatic N) is 2. The van der Waals surface area contributed by atoms with Crippen LogP contribution in [0.25, 0.3) is 0 Å². The molecule has 0 spiro atoms. The topological polar surface area (TPSA) is 25.2 Å². The zero-order valence-electron chi connectivity index (χ0n) is 11.1. The fourth-order valence-corrected chi connectivity index (χ4v) is 3.53. The maximum atomic E-state index is 11.0. The Bertz CT molecular complexity index is 608. The molecule has 0 amide bonds. The first-order chi connectivity index (χ1) is 9.19. The van der Waals surface area contributed by atoms with Crippen LogP contribution in [-0.2, 0) is 20.1 Å². The van der Waals surface area contributed by atoms with E-state index in [0.29, 0.717) is 0 Å². The lowest BCUT2D eigenvalue weighted by atomic mass is 10.1. The molecular weight excluding hydrogens is 256 g/mol. The average molecular weight is 272 g/mol. The third kappa shape index (κ3) is 2.22. The van der Waals surface area contributed by atoms with E-state index >= 15 is 0 Å². The van der Waals surface area contributed by atoms with Crippen molar-refractivity contribution in [2.75, 3.05) is 0 Å². The number of rotatable bonds is 3. The van der Waals surface area contributed by atoms with Crippen LogP contribution in [0.3, 0.4) is 0 Å². The lowest BCUT2D eigenvalue weighted by molar-refractivity contribution is 0.111. The first-order valence-electron chi connectivity index (χ1n) is 6.30. The van der Waals surface area contributed by atoms with Gasteiger partial charge >= 0.3 is 0 Å². The molecule has 19 heavy (non-hydrogen) atoms. The molecule has 1 aromatic carbocycles. The summed E-state index contributed by atoms with van der Waals surface area (Å²) < 4.78 is 4.28. The van der Waals surface area contributed by atoms with Crippen molar-refractivity contribution < 1.29 is 4.79 Å². The quantitative estimate of drug-likeness (QED) is 0.634. The van der Waals surface area contributed by atoms with Crippen LogP contribution >= 0.6 is 11.9 Å². The van der Waals surface area contributed by atoms with Gasteiger partial charge in [-0.25, -0.2) is 4.31 Å². The Morgan fingerprint density at radius 1 is 1.21 bits per heavy atom.